The van der Waals surface area contributed by atoms with Crippen LogP contribution in [0.25, 0.3) is 0 Å². The number of carbonyl (C=O) groups is 2. The lowest BCUT2D eigenvalue weighted by molar-refractivity contribution is -0.143. The van der Waals surface area contributed by atoms with E-state index < -0.39 is 11.7 Å². The summed E-state index contributed by atoms with van der Waals surface area (Å²) in [5.41, 5.74) is -0.0705. The monoisotopic (exact) mass is 543 g/mol. The zero-order chi connectivity index (χ0) is 26.5. The lowest BCUT2D eigenvalue weighted by Gasteiger charge is -2.27. The number of rotatable bonds is 9. The molecule has 3 rings (SSSR count). The fourth-order valence-electron chi connectivity index (χ4n) is 5.19. The van der Waals surface area contributed by atoms with Gasteiger partial charge in [0.05, 0.1) is 16.7 Å². The SMILES string of the molecule is CCCC1=C(/C(CNC(=O)NC2=C(C(=O)OC(C)C)C3CCCCC3S2)=C(\C)C(F)(F)P)CCNC1. The molecular weight excluding hydrogens is 503 g/mol. The first-order valence-corrected chi connectivity index (χ1v) is 14.4. The van der Waals surface area contributed by atoms with Gasteiger partial charge in [-0.1, -0.05) is 41.0 Å². The van der Waals surface area contributed by atoms with Crippen molar-refractivity contribution >= 4 is 33.0 Å². The van der Waals surface area contributed by atoms with Crippen molar-refractivity contribution in [3.63, 3.8) is 0 Å². The van der Waals surface area contributed by atoms with E-state index in [4.69, 9.17) is 4.74 Å². The van der Waals surface area contributed by atoms with E-state index in [0.29, 0.717) is 35.7 Å². The summed E-state index contributed by atoms with van der Waals surface area (Å²) in [7, 11) is 1.61. The van der Waals surface area contributed by atoms with Gasteiger partial charge in [0.15, 0.2) is 0 Å². The van der Waals surface area contributed by atoms with Crippen molar-refractivity contribution in [1.29, 1.82) is 0 Å². The minimum absolute atomic E-state index is 0.0131. The Kier molecular flexibility index (Phi) is 10.4. The number of fused-ring (bicyclic) bond motifs is 1. The second kappa shape index (κ2) is 12.9. The molecule has 2 amide bonds. The number of nitrogens with one attached hydrogen (secondary N) is 3. The minimum Gasteiger partial charge on any atom is -0.460 e. The molecule has 6 nitrogen and oxygen atoms in total. The van der Waals surface area contributed by atoms with Gasteiger partial charge >= 0.3 is 12.0 Å². The Morgan fingerprint density at radius 1 is 1.28 bits per heavy atom. The van der Waals surface area contributed by atoms with Crippen LogP contribution < -0.4 is 16.0 Å². The first-order valence-electron chi connectivity index (χ1n) is 13.0. The summed E-state index contributed by atoms with van der Waals surface area (Å²) < 4.78 is 34.2. The number of esters is 1. The van der Waals surface area contributed by atoms with Gasteiger partial charge in [-0.15, -0.1) is 11.8 Å². The first-order chi connectivity index (χ1) is 17.0. The third kappa shape index (κ3) is 7.32. The number of hydrogen-bond acceptors (Lipinski definition) is 5. The van der Waals surface area contributed by atoms with Crippen molar-refractivity contribution in [3.05, 3.63) is 32.9 Å². The van der Waals surface area contributed by atoms with Gasteiger partial charge < -0.3 is 20.7 Å². The molecule has 0 saturated heterocycles. The normalized spacial score (nSPS) is 23.4. The topological polar surface area (TPSA) is 79.5 Å². The number of amides is 2. The molecule has 3 atom stereocenters. The van der Waals surface area contributed by atoms with E-state index in [1.807, 2.05) is 0 Å². The Bertz CT molecular complexity index is 943. The molecule has 0 radical (unpaired) electrons. The largest absolute Gasteiger partial charge is 0.460 e. The van der Waals surface area contributed by atoms with Crippen LogP contribution in [0.1, 0.15) is 72.6 Å². The van der Waals surface area contributed by atoms with Crippen LogP contribution in [0.15, 0.2) is 32.9 Å². The van der Waals surface area contributed by atoms with Crippen LogP contribution in [0.2, 0.25) is 0 Å². The van der Waals surface area contributed by atoms with Crippen molar-refractivity contribution in [2.45, 2.75) is 89.7 Å². The van der Waals surface area contributed by atoms with Crippen molar-refractivity contribution in [2.24, 2.45) is 5.92 Å². The van der Waals surface area contributed by atoms with Gasteiger partial charge in [-0.25, -0.2) is 9.59 Å². The van der Waals surface area contributed by atoms with Gasteiger partial charge in [-0.2, -0.15) is 8.78 Å². The fourth-order valence-corrected chi connectivity index (χ4v) is 6.91. The molecule has 0 aromatic carbocycles. The summed E-state index contributed by atoms with van der Waals surface area (Å²) in [6.45, 7) is 8.47. The van der Waals surface area contributed by atoms with Crippen molar-refractivity contribution in [2.75, 3.05) is 19.6 Å². The van der Waals surface area contributed by atoms with E-state index >= 15 is 0 Å². The number of thioether (sulfide) groups is 1. The molecule has 0 spiro atoms. The standard InChI is InChI=1S/C26H40F2N3O3PS/c1-5-8-17-13-29-12-11-18(17)20(16(4)26(27,28)35)14-30-25(33)31-23-22(24(32)34-15(2)3)19-9-6-7-10-21(19)36-23/h15,19,21,29H,5-14,35H2,1-4H3,(H2,30,31,33)/b20-16+. The highest BCUT2D eigenvalue weighted by Gasteiger charge is 2.42. The molecule has 0 bridgehead atoms. The van der Waals surface area contributed by atoms with E-state index in [9.17, 15) is 18.4 Å². The number of hydrogen-bond donors (Lipinski definition) is 3. The van der Waals surface area contributed by atoms with Gasteiger partial charge in [0.2, 0.25) is 0 Å². The van der Waals surface area contributed by atoms with Gasteiger partial charge in [-0.05, 0) is 64.1 Å². The molecule has 0 aromatic heterocycles. The molecule has 1 fully saturated rings. The summed E-state index contributed by atoms with van der Waals surface area (Å²) in [6.07, 6.45) is 6.14. The van der Waals surface area contributed by atoms with Crippen LogP contribution in [0, 0.1) is 5.92 Å². The van der Waals surface area contributed by atoms with Crippen LogP contribution in [0.5, 0.6) is 0 Å². The van der Waals surface area contributed by atoms with Crippen LogP contribution in [0.4, 0.5) is 13.6 Å². The highest BCUT2D eigenvalue weighted by Crippen LogP contribution is 2.48. The summed E-state index contributed by atoms with van der Waals surface area (Å²) in [4.78, 5) is 25.9. The molecule has 2 aliphatic heterocycles. The molecule has 3 aliphatic rings. The lowest BCUT2D eigenvalue weighted by Crippen LogP contribution is -2.37. The molecule has 1 aliphatic carbocycles. The predicted octanol–water partition coefficient (Wildman–Crippen LogP) is 5.63. The van der Waals surface area contributed by atoms with Crippen LogP contribution >= 0.6 is 21.0 Å². The molecule has 1 saturated carbocycles. The van der Waals surface area contributed by atoms with E-state index in [1.165, 1.54) is 18.7 Å². The van der Waals surface area contributed by atoms with Gasteiger partial charge in [0.25, 0.3) is 5.66 Å². The molecule has 0 aromatic rings. The van der Waals surface area contributed by atoms with E-state index in [2.05, 4.69) is 22.9 Å². The van der Waals surface area contributed by atoms with Crippen LogP contribution in [0.3, 0.4) is 0 Å². The molecule has 2 heterocycles. The Morgan fingerprint density at radius 2 is 2.00 bits per heavy atom. The smallest absolute Gasteiger partial charge is 0.337 e. The Hall–Kier alpha value is -1.44. The van der Waals surface area contributed by atoms with E-state index in [1.54, 1.807) is 23.1 Å². The number of alkyl halides is 2. The second-order valence-electron chi connectivity index (χ2n) is 10.0. The summed E-state index contributed by atoms with van der Waals surface area (Å²) in [5, 5.41) is 9.76. The molecule has 202 valence electrons. The second-order valence-corrected chi connectivity index (χ2v) is 12.0. The molecular formula is C26H40F2N3O3PS. The Labute approximate surface area is 220 Å². The molecule has 3 unspecified atom stereocenters. The maximum absolute atomic E-state index is 14.4. The number of carbonyl (C=O) groups excluding carboxylic acids is 2. The van der Waals surface area contributed by atoms with Gasteiger partial charge in [0.1, 0.15) is 0 Å². The van der Waals surface area contributed by atoms with Gasteiger partial charge in [-0.3, -0.25) is 0 Å². The average molecular weight is 544 g/mol. The zero-order valence-corrected chi connectivity index (χ0v) is 23.7. The Morgan fingerprint density at radius 3 is 2.67 bits per heavy atom. The highest BCUT2D eigenvalue weighted by atomic mass is 32.2. The summed E-state index contributed by atoms with van der Waals surface area (Å²) in [6, 6.07) is -0.505. The predicted molar refractivity (Wildman–Crippen MR) is 145 cm³/mol. The fraction of sp³-hybridized carbons (Fsp3) is 0.692. The summed E-state index contributed by atoms with van der Waals surface area (Å²) >= 11 is 1.52. The van der Waals surface area contributed by atoms with E-state index in [0.717, 1.165) is 49.7 Å². The maximum atomic E-state index is 14.4. The summed E-state index contributed by atoms with van der Waals surface area (Å²) in [5.74, 6) is -0.319. The number of halogens is 2. The van der Waals surface area contributed by atoms with Crippen molar-refractivity contribution in [3.8, 4) is 0 Å². The van der Waals surface area contributed by atoms with Crippen LogP contribution in [-0.2, 0) is 9.53 Å². The number of urea groups is 1. The average Bonchev–Trinajstić information content (AvgIpc) is 3.17. The first kappa shape index (κ1) is 29.1. The molecule has 3 N–H and O–H groups in total. The third-order valence-electron chi connectivity index (χ3n) is 6.99. The van der Waals surface area contributed by atoms with Crippen molar-refractivity contribution < 1.29 is 23.1 Å². The van der Waals surface area contributed by atoms with Gasteiger partial charge in [0, 0.05) is 29.8 Å². The van der Waals surface area contributed by atoms with Crippen molar-refractivity contribution in [1.82, 2.24) is 16.0 Å². The molecule has 10 heteroatoms. The highest BCUT2D eigenvalue weighted by molar-refractivity contribution is 8.04. The maximum Gasteiger partial charge on any atom is 0.337 e. The lowest BCUT2D eigenvalue weighted by atomic mass is 9.84. The third-order valence-corrected chi connectivity index (χ3v) is 8.85. The molecule has 36 heavy (non-hydrogen) atoms. The quantitative estimate of drug-likeness (QED) is 0.260. The number of allylic oxidation sites excluding steroid dienone is 1. The Balaban J connectivity index is 1.81. The number of ether oxygens (including phenoxy) is 1. The van der Waals surface area contributed by atoms with E-state index in [-0.39, 0.29) is 35.4 Å². The van der Waals surface area contributed by atoms with Crippen LogP contribution in [-0.4, -0.2) is 48.7 Å². The minimum atomic E-state index is -3.07. The zero-order valence-electron chi connectivity index (χ0n) is 21.8.